The van der Waals surface area contributed by atoms with Gasteiger partial charge in [-0.25, -0.2) is 9.19 Å². The van der Waals surface area contributed by atoms with Crippen molar-refractivity contribution in [3.05, 3.63) is 65.7 Å². The number of benzene rings is 2. The SMILES string of the molecule is C.Cc1ccc2c(c1C)N(CCNCc1ncc[nH]1)c1ccccc1S2=O. The average Bonchev–Trinajstić information content (AvgIpc) is 3.17. The number of nitrogens with one attached hydrogen (secondary N) is 2. The van der Waals surface area contributed by atoms with Crippen molar-refractivity contribution in [3.8, 4) is 0 Å². The number of aryl methyl sites for hydroxylation is 1. The number of anilines is 2. The number of imidazole rings is 1. The summed E-state index contributed by atoms with van der Waals surface area (Å²) >= 11 is 0. The van der Waals surface area contributed by atoms with Crippen LogP contribution in [-0.2, 0) is 17.3 Å². The molecule has 0 saturated carbocycles. The first-order valence-electron chi connectivity index (χ1n) is 8.74. The minimum atomic E-state index is -1.14. The zero-order chi connectivity index (χ0) is 18.1. The lowest BCUT2D eigenvalue weighted by Crippen LogP contribution is -2.32. The number of hydrogen-bond donors (Lipinski definition) is 2. The van der Waals surface area contributed by atoms with Gasteiger partial charge in [0.05, 0.1) is 38.5 Å². The molecule has 4 rings (SSSR count). The molecule has 0 bridgehead atoms. The van der Waals surface area contributed by atoms with Gasteiger partial charge < -0.3 is 15.2 Å². The molecule has 1 aliphatic rings. The van der Waals surface area contributed by atoms with E-state index in [0.29, 0.717) is 6.54 Å². The highest BCUT2D eigenvalue weighted by atomic mass is 32.2. The summed E-state index contributed by atoms with van der Waals surface area (Å²) in [6.45, 7) is 6.52. The molecule has 142 valence electrons. The summed E-state index contributed by atoms with van der Waals surface area (Å²) in [5.74, 6) is 0.928. The average molecular weight is 383 g/mol. The van der Waals surface area contributed by atoms with E-state index in [0.717, 1.165) is 40.1 Å². The van der Waals surface area contributed by atoms with Crippen LogP contribution in [0.15, 0.2) is 58.6 Å². The van der Waals surface area contributed by atoms with Gasteiger partial charge in [0.15, 0.2) is 0 Å². The van der Waals surface area contributed by atoms with Gasteiger partial charge in [-0.05, 0) is 43.2 Å². The number of nitrogens with zero attached hydrogens (tertiary/aromatic N) is 2. The molecule has 6 heteroatoms. The summed E-state index contributed by atoms with van der Waals surface area (Å²) in [5.41, 5.74) is 4.53. The van der Waals surface area contributed by atoms with Crippen LogP contribution < -0.4 is 10.2 Å². The Labute approximate surface area is 163 Å². The second-order valence-electron chi connectivity index (χ2n) is 6.45. The maximum absolute atomic E-state index is 13.1. The maximum atomic E-state index is 13.1. The molecule has 2 aromatic carbocycles. The number of aromatic nitrogens is 2. The summed E-state index contributed by atoms with van der Waals surface area (Å²) in [5, 5.41) is 3.43. The lowest BCUT2D eigenvalue weighted by atomic mass is 10.1. The Bertz CT molecular complexity index is 953. The van der Waals surface area contributed by atoms with Gasteiger partial charge in [-0.2, -0.15) is 0 Å². The van der Waals surface area contributed by atoms with Gasteiger partial charge in [0.1, 0.15) is 5.82 Å². The van der Waals surface area contributed by atoms with Crippen LogP contribution in [-0.4, -0.2) is 27.3 Å². The first-order chi connectivity index (χ1) is 12.7. The van der Waals surface area contributed by atoms with Crippen LogP contribution in [0.5, 0.6) is 0 Å². The number of para-hydroxylation sites is 1. The van der Waals surface area contributed by atoms with E-state index in [-0.39, 0.29) is 7.43 Å². The Kier molecular flexibility index (Phi) is 5.77. The van der Waals surface area contributed by atoms with Crippen molar-refractivity contribution in [2.75, 3.05) is 18.0 Å². The molecule has 3 aromatic rings. The smallest absolute Gasteiger partial charge is 0.120 e. The summed E-state index contributed by atoms with van der Waals surface area (Å²) in [6, 6.07) is 12.1. The normalized spacial score (nSPS) is 15.0. The summed E-state index contributed by atoms with van der Waals surface area (Å²) in [6.07, 6.45) is 3.59. The van der Waals surface area contributed by atoms with Crippen LogP contribution in [0.4, 0.5) is 11.4 Å². The van der Waals surface area contributed by atoms with Crippen molar-refractivity contribution in [1.29, 1.82) is 0 Å². The molecule has 1 atom stereocenters. The Hall–Kier alpha value is -2.44. The number of aromatic amines is 1. The highest BCUT2D eigenvalue weighted by Crippen LogP contribution is 2.44. The lowest BCUT2D eigenvalue weighted by Gasteiger charge is -2.34. The van der Waals surface area contributed by atoms with Gasteiger partial charge in [0, 0.05) is 25.5 Å². The molecule has 0 spiro atoms. The predicted molar refractivity (Wildman–Crippen MR) is 111 cm³/mol. The molecule has 0 aliphatic carbocycles. The minimum absolute atomic E-state index is 0. The fourth-order valence-corrected chi connectivity index (χ4v) is 4.80. The van der Waals surface area contributed by atoms with Crippen LogP contribution in [0, 0.1) is 13.8 Å². The monoisotopic (exact) mass is 382 g/mol. The van der Waals surface area contributed by atoms with Gasteiger partial charge in [0.25, 0.3) is 0 Å². The van der Waals surface area contributed by atoms with E-state index >= 15 is 0 Å². The fraction of sp³-hybridized carbons (Fsp3) is 0.286. The Morgan fingerprint density at radius 3 is 2.74 bits per heavy atom. The Balaban J connectivity index is 0.00000210. The molecule has 0 saturated heterocycles. The van der Waals surface area contributed by atoms with E-state index in [1.165, 1.54) is 11.1 Å². The van der Waals surface area contributed by atoms with Gasteiger partial charge in [0.2, 0.25) is 0 Å². The quantitative estimate of drug-likeness (QED) is 0.653. The van der Waals surface area contributed by atoms with Crippen molar-refractivity contribution >= 4 is 22.2 Å². The predicted octanol–water partition coefficient (Wildman–Crippen LogP) is 4.07. The van der Waals surface area contributed by atoms with E-state index in [1.807, 2.05) is 30.5 Å². The minimum Gasteiger partial charge on any atom is -0.348 e. The third kappa shape index (κ3) is 3.55. The molecule has 0 fully saturated rings. The van der Waals surface area contributed by atoms with Crippen molar-refractivity contribution in [2.24, 2.45) is 0 Å². The van der Waals surface area contributed by atoms with Crippen molar-refractivity contribution in [3.63, 3.8) is 0 Å². The molecule has 2 N–H and O–H groups in total. The van der Waals surface area contributed by atoms with Gasteiger partial charge in [-0.1, -0.05) is 25.6 Å². The summed E-state index contributed by atoms with van der Waals surface area (Å²) in [7, 11) is -1.14. The first kappa shape index (κ1) is 19.3. The largest absolute Gasteiger partial charge is 0.348 e. The third-order valence-corrected chi connectivity index (χ3v) is 6.32. The number of rotatable bonds is 5. The topological polar surface area (TPSA) is 61.0 Å². The molecule has 1 unspecified atom stereocenters. The molecule has 2 heterocycles. The number of H-pyrrole nitrogens is 1. The fourth-order valence-electron chi connectivity index (χ4n) is 3.36. The van der Waals surface area contributed by atoms with Gasteiger partial charge in [-0.3, -0.25) is 0 Å². The summed E-state index contributed by atoms with van der Waals surface area (Å²) in [4.78, 5) is 11.4. The Morgan fingerprint density at radius 2 is 1.96 bits per heavy atom. The van der Waals surface area contributed by atoms with Crippen LogP contribution in [0.1, 0.15) is 24.4 Å². The summed E-state index contributed by atoms with van der Waals surface area (Å²) < 4.78 is 13.1. The van der Waals surface area contributed by atoms with Crippen LogP contribution in [0.2, 0.25) is 0 Å². The van der Waals surface area contributed by atoms with Crippen molar-refractivity contribution in [1.82, 2.24) is 15.3 Å². The highest BCUT2D eigenvalue weighted by molar-refractivity contribution is 7.85. The van der Waals surface area contributed by atoms with Gasteiger partial charge >= 0.3 is 0 Å². The third-order valence-electron chi connectivity index (χ3n) is 4.85. The number of hydrogen-bond acceptors (Lipinski definition) is 4. The second-order valence-corrected chi connectivity index (χ2v) is 7.87. The first-order valence-corrected chi connectivity index (χ1v) is 9.89. The lowest BCUT2D eigenvalue weighted by molar-refractivity contribution is 0.659. The van der Waals surface area contributed by atoms with Crippen molar-refractivity contribution in [2.45, 2.75) is 37.6 Å². The molecule has 0 radical (unpaired) electrons. The maximum Gasteiger partial charge on any atom is 0.120 e. The molecule has 1 aliphatic heterocycles. The molecule has 27 heavy (non-hydrogen) atoms. The molecule has 0 amide bonds. The van der Waals surface area contributed by atoms with E-state index in [4.69, 9.17) is 0 Å². The zero-order valence-electron chi connectivity index (χ0n) is 15.0. The van der Waals surface area contributed by atoms with E-state index in [9.17, 15) is 4.21 Å². The number of fused-ring (bicyclic) bond motifs is 2. The molecular formula is C21H26N4OS. The second kappa shape index (κ2) is 8.06. The van der Waals surface area contributed by atoms with E-state index in [1.54, 1.807) is 6.20 Å². The van der Waals surface area contributed by atoms with Crippen LogP contribution in [0.3, 0.4) is 0 Å². The van der Waals surface area contributed by atoms with Gasteiger partial charge in [-0.15, -0.1) is 0 Å². The highest BCUT2D eigenvalue weighted by Gasteiger charge is 2.29. The molecule has 5 nitrogen and oxygen atoms in total. The standard InChI is InChI=1S/C20H22N4OS.CH4/c1-14-7-8-18-20(15(14)2)24(12-11-21-13-19-22-9-10-23-19)16-5-3-4-6-17(16)26(18)25;/h3-10,21H,11-13H2,1-2H3,(H,22,23);1H4. The van der Waals surface area contributed by atoms with Crippen molar-refractivity contribution < 1.29 is 4.21 Å². The van der Waals surface area contributed by atoms with E-state index in [2.05, 4.69) is 46.2 Å². The molecular weight excluding hydrogens is 356 g/mol. The van der Waals surface area contributed by atoms with Crippen LogP contribution >= 0.6 is 0 Å². The zero-order valence-corrected chi connectivity index (χ0v) is 15.8. The van der Waals surface area contributed by atoms with Crippen LogP contribution in [0.25, 0.3) is 0 Å². The van der Waals surface area contributed by atoms with E-state index < -0.39 is 10.8 Å². The Morgan fingerprint density at radius 1 is 1.15 bits per heavy atom. The molecule has 1 aromatic heterocycles.